The second kappa shape index (κ2) is 54.2. The molecule has 0 N–H and O–H groups in total. The predicted molar refractivity (Wildman–Crippen MR) is 262 cm³/mol. The van der Waals surface area contributed by atoms with Crippen molar-refractivity contribution in [1.82, 2.24) is 0 Å². The van der Waals surface area contributed by atoms with Crippen LogP contribution >= 0.6 is 0 Å². The third kappa shape index (κ3) is 53.2. The van der Waals surface area contributed by atoms with Gasteiger partial charge in [-0.25, -0.2) is 0 Å². The van der Waals surface area contributed by atoms with Crippen LogP contribution in [-0.4, -0.2) is 12.6 Å². The fraction of sp³-hybridized carbons (Fsp3) is 0.946. The number of ether oxygens (including phenoxy) is 1. The van der Waals surface area contributed by atoms with Crippen LogP contribution in [0.5, 0.6) is 0 Å². The van der Waals surface area contributed by atoms with Crippen molar-refractivity contribution in [2.45, 2.75) is 335 Å². The topological polar surface area (TPSA) is 26.3 Å². The van der Waals surface area contributed by atoms with Crippen molar-refractivity contribution in [3.8, 4) is 0 Å². The van der Waals surface area contributed by atoms with Gasteiger partial charge in [-0.05, 0) is 38.5 Å². The first kappa shape index (κ1) is 57.2. The second-order valence-electron chi connectivity index (χ2n) is 18.9. The molecule has 0 aliphatic carbocycles. The summed E-state index contributed by atoms with van der Waals surface area (Å²) in [5.74, 6) is 0.0257. The van der Waals surface area contributed by atoms with Gasteiger partial charge in [-0.3, -0.25) is 4.79 Å². The van der Waals surface area contributed by atoms with Crippen molar-refractivity contribution in [2.24, 2.45) is 0 Å². The van der Waals surface area contributed by atoms with Crippen molar-refractivity contribution < 1.29 is 9.53 Å². The Hall–Kier alpha value is -0.790. The van der Waals surface area contributed by atoms with E-state index in [-0.39, 0.29) is 5.97 Å². The fourth-order valence-electron chi connectivity index (χ4n) is 8.78. The molecule has 0 saturated heterocycles. The van der Waals surface area contributed by atoms with E-state index in [4.69, 9.17) is 4.74 Å². The third-order valence-corrected chi connectivity index (χ3v) is 12.9. The van der Waals surface area contributed by atoms with Gasteiger partial charge >= 0.3 is 5.97 Å². The van der Waals surface area contributed by atoms with E-state index in [2.05, 4.69) is 26.0 Å². The normalized spacial score (nSPS) is 11.7. The maximum absolute atomic E-state index is 12.0. The van der Waals surface area contributed by atoms with Crippen LogP contribution in [0.2, 0.25) is 0 Å². The first-order valence-corrected chi connectivity index (χ1v) is 27.6. The summed E-state index contributed by atoms with van der Waals surface area (Å²) in [6.07, 6.45) is 73.9. The number of hydrogen-bond acceptors (Lipinski definition) is 2. The molecule has 0 bridgehead atoms. The molecule has 0 heterocycles. The Morgan fingerprint density at radius 2 is 0.483 bits per heavy atom. The highest BCUT2D eigenvalue weighted by molar-refractivity contribution is 5.69. The molecule has 0 atom stereocenters. The molecule has 2 nitrogen and oxygen atoms in total. The second-order valence-corrected chi connectivity index (χ2v) is 18.9. The summed E-state index contributed by atoms with van der Waals surface area (Å²) in [4.78, 5) is 12.0. The van der Waals surface area contributed by atoms with E-state index >= 15 is 0 Å². The van der Waals surface area contributed by atoms with Gasteiger partial charge in [0.25, 0.3) is 0 Å². The molecule has 2 heteroatoms. The van der Waals surface area contributed by atoms with Crippen molar-refractivity contribution in [2.75, 3.05) is 6.61 Å². The van der Waals surface area contributed by atoms with Crippen molar-refractivity contribution in [1.29, 1.82) is 0 Å². The lowest BCUT2D eigenvalue weighted by Gasteiger charge is -2.06. The summed E-state index contributed by atoms with van der Waals surface area (Å²) >= 11 is 0. The van der Waals surface area contributed by atoms with Crippen LogP contribution in [-0.2, 0) is 9.53 Å². The predicted octanol–water partition coefficient (Wildman–Crippen LogP) is 20.6. The minimum atomic E-state index is 0.0257. The summed E-state index contributed by atoms with van der Waals surface area (Å²) in [7, 11) is 0. The fourth-order valence-corrected chi connectivity index (χ4v) is 8.78. The van der Waals surface area contributed by atoms with Gasteiger partial charge in [-0.2, -0.15) is 0 Å². The third-order valence-electron chi connectivity index (χ3n) is 12.9. The van der Waals surface area contributed by atoms with Crippen LogP contribution < -0.4 is 0 Å². The van der Waals surface area contributed by atoms with Gasteiger partial charge in [-0.1, -0.05) is 302 Å². The highest BCUT2D eigenvalue weighted by Gasteiger charge is 2.03. The van der Waals surface area contributed by atoms with Crippen LogP contribution in [0.1, 0.15) is 335 Å². The summed E-state index contributed by atoms with van der Waals surface area (Å²) in [5, 5.41) is 0. The van der Waals surface area contributed by atoms with Crippen LogP contribution in [0.3, 0.4) is 0 Å². The highest BCUT2D eigenvalue weighted by Crippen LogP contribution is 2.18. The minimum Gasteiger partial charge on any atom is -0.466 e. The van der Waals surface area contributed by atoms with Gasteiger partial charge in [-0.15, -0.1) is 0 Å². The number of carbonyl (C=O) groups excluding carboxylic acids is 1. The van der Waals surface area contributed by atoms with E-state index < -0.39 is 0 Å². The number of carbonyl (C=O) groups is 1. The monoisotopic (exact) mass is 815 g/mol. The van der Waals surface area contributed by atoms with Crippen LogP contribution in [0.4, 0.5) is 0 Å². The van der Waals surface area contributed by atoms with E-state index in [1.165, 1.54) is 302 Å². The Labute approximate surface area is 367 Å². The zero-order chi connectivity index (χ0) is 41.8. The Bertz CT molecular complexity index is 758. The number of unbranched alkanes of at least 4 members (excludes halogenated alkanes) is 46. The SMILES string of the molecule is CCCCCC/C=C\CCCCCCCCOC(=O)CCCCCCCCCCCCCCCCCCCCCCCCCCCCCCCCCCCCCCC. The summed E-state index contributed by atoms with van der Waals surface area (Å²) in [5.41, 5.74) is 0. The largest absolute Gasteiger partial charge is 0.466 e. The summed E-state index contributed by atoms with van der Waals surface area (Å²) in [6, 6.07) is 0. The minimum absolute atomic E-state index is 0.0257. The van der Waals surface area contributed by atoms with Gasteiger partial charge in [0, 0.05) is 6.42 Å². The quantitative estimate of drug-likeness (QED) is 0.0347. The molecule has 0 saturated carbocycles. The van der Waals surface area contributed by atoms with Gasteiger partial charge < -0.3 is 4.74 Å². The first-order chi connectivity index (χ1) is 28.8. The molecule has 58 heavy (non-hydrogen) atoms. The van der Waals surface area contributed by atoms with Crippen LogP contribution in [0.15, 0.2) is 12.2 Å². The van der Waals surface area contributed by atoms with Gasteiger partial charge in [0.15, 0.2) is 0 Å². The molecule has 0 aromatic rings. The Morgan fingerprint density at radius 3 is 0.759 bits per heavy atom. The van der Waals surface area contributed by atoms with Crippen molar-refractivity contribution >= 4 is 5.97 Å². The smallest absolute Gasteiger partial charge is 0.305 e. The average molecular weight is 815 g/mol. The zero-order valence-electron chi connectivity index (χ0n) is 40.5. The van der Waals surface area contributed by atoms with Crippen LogP contribution in [0.25, 0.3) is 0 Å². The van der Waals surface area contributed by atoms with E-state index in [0.717, 1.165) is 12.8 Å². The standard InChI is InChI=1S/C56H110O2/c1-3-5-7-9-11-13-15-17-19-20-21-22-23-24-25-26-27-28-29-30-31-32-33-34-35-36-37-38-39-40-41-42-44-46-48-50-52-54-56(57)58-55-53-51-49-47-45-43-18-16-14-12-10-8-6-4-2/h14,16H,3-13,15,17-55H2,1-2H3/b16-14-. The molecular weight excluding hydrogens is 705 g/mol. The average Bonchev–Trinajstić information content (AvgIpc) is 3.23. The lowest BCUT2D eigenvalue weighted by atomic mass is 10.0. The maximum atomic E-state index is 12.0. The van der Waals surface area contributed by atoms with Crippen molar-refractivity contribution in [3.05, 3.63) is 12.2 Å². The molecule has 0 aliphatic rings. The van der Waals surface area contributed by atoms with Crippen molar-refractivity contribution in [3.63, 3.8) is 0 Å². The van der Waals surface area contributed by atoms with E-state index in [9.17, 15) is 4.79 Å². The molecule has 0 aliphatic heterocycles. The molecular formula is C56H110O2. The van der Waals surface area contributed by atoms with Gasteiger partial charge in [0.1, 0.15) is 0 Å². The highest BCUT2D eigenvalue weighted by atomic mass is 16.5. The van der Waals surface area contributed by atoms with E-state index in [0.29, 0.717) is 13.0 Å². The number of rotatable bonds is 52. The number of allylic oxidation sites excluding steroid dienone is 2. The summed E-state index contributed by atoms with van der Waals surface area (Å²) < 4.78 is 5.48. The molecule has 0 unspecified atom stereocenters. The Morgan fingerprint density at radius 1 is 0.276 bits per heavy atom. The number of hydrogen-bond donors (Lipinski definition) is 0. The van der Waals surface area contributed by atoms with Gasteiger partial charge in [0.2, 0.25) is 0 Å². The lowest BCUT2D eigenvalue weighted by Crippen LogP contribution is -2.05. The van der Waals surface area contributed by atoms with Crippen LogP contribution in [0, 0.1) is 0 Å². The first-order valence-electron chi connectivity index (χ1n) is 27.6. The number of esters is 1. The Kier molecular flexibility index (Phi) is 53.5. The summed E-state index contributed by atoms with van der Waals surface area (Å²) in [6.45, 7) is 5.21. The molecule has 0 amide bonds. The Balaban J connectivity index is 3.14. The van der Waals surface area contributed by atoms with E-state index in [1.807, 2.05) is 0 Å². The van der Waals surface area contributed by atoms with Gasteiger partial charge in [0.05, 0.1) is 6.61 Å². The molecule has 0 aromatic carbocycles. The molecule has 0 rings (SSSR count). The molecule has 0 fully saturated rings. The lowest BCUT2D eigenvalue weighted by molar-refractivity contribution is -0.143. The van der Waals surface area contributed by atoms with E-state index in [1.54, 1.807) is 0 Å². The zero-order valence-corrected chi connectivity index (χ0v) is 40.5. The molecule has 0 radical (unpaired) electrons. The molecule has 346 valence electrons. The molecule has 0 aromatic heterocycles. The molecule has 0 spiro atoms. The maximum Gasteiger partial charge on any atom is 0.305 e.